The van der Waals surface area contributed by atoms with E-state index in [1.54, 1.807) is 0 Å². The van der Waals surface area contributed by atoms with Gasteiger partial charge >= 0.3 is 0 Å². The van der Waals surface area contributed by atoms with Crippen LogP contribution in [0.4, 0.5) is 0 Å². The molecule has 3 heteroatoms. The maximum atomic E-state index is 10.2. The first-order valence-electron chi connectivity index (χ1n) is 2.51. The second-order valence-electron chi connectivity index (χ2n) is 1.41. The van der Waals surface area contributed by atoms with E-state index in [4.69, 9.17) is 0 Å². The fourth-order valence-electron chi connectivity index (χ4n) is 0.275. The Kier molecular flexibility index (Phi) is 4.40. The van der Waals surface area contributed by atoms with Gasteiger partial charge in [-0.05, 0) is 19.1 Å². The Morgan fingerprint density at radius 3 is 2.78 bits per heavy atom. The molecule has 0 N–H and O–H groups in total. The molecule has 9 heavy (non-hydrogen) atoms. The van der Waals surface area contributed by atoms with Gasteiger partial charge < -0.3 is 4.84 Å². The summed E-state index contributed by atoms with van der Waals surface area (Å²) in [7, 11) is 1.44. The van der Waals surface area contributed by atoms with Crippen molar-refractivity contribution in [3.63, 3.8) is 0 Å². The minimum atomic E-state index is -0.00227. The van der Waals surface area contributed by atoms with E-state index < -0.39 is 0 Å². The van der Waals surface area contributed by atoms with Gasteiger partial charge in [-0.3, -0.25) is 4.79 Å². The highest BCUT2D eigenvalue weighted by Gasteiger charge is 1.76. The number of hydrogen-bond donors (Lipinski definition) is 0. The molecule has 0 bridgehead atoms. The normalized spacial score (nSPS) is 10.9. The molecule has 0 unspecified atom stereocenters. The molecule has 0 heterocycles. The van der Waals surface area contributed by atoms with Gasteiger partial charge in [-0.25, -0.2) is 0 Å². The molecule has 0 atom stereocenters. The summed E-state index contributed by atoms with van der Waals surface area (Å²) in [4.78, 5) is 14.5. The highest BCUT2D eigenvalue weighted by Crippen LogP contribution is 1.72. The summed E-state index contributed by atoms with van der Waals surface area (Å²) >= 11 is 0. The van der Waals surface area contributed by atoms with Crippen molar-refractivity contribution in [1.82, 2.24) is 0 Å². The highest BCUT2D eigenvalue weighted by atomic mass is 16.6. The van der Waals surface area contributed by atoms with Crippen LogP contribution in [0.3, 0.4) is 0 Å². The summed E-state index contributed by atoms with van der Waals surface area (Å²) in [6.07, 6.45) is 4.33. The molecule has 0 radical (unpaired) electrons. The monoisotopic (exact) mass is 127 g/mol. The second kappa shape index (κ2) is 5.03. The number of nitrogens with zero attached hydrogens (tertiary/aromatic N) is 1. The van der Waals surface area contributed by atoms with E-state index in [0.29, 0.717) is 0 Å². The number of oxime groups is 1. The van der Waals surface area contributed by atoms with Gasteiger partial charge in [-0.15, -0.1) is 0 Å². The third-order valence-electron chi connectivity index (χ3n) is 0.583. The Morgan fingerprint density at radius 2 is 2.33 bits per heavy atom. The van der Waals surface area contributed by atoms with E-state index in [0.717, 1.165) is 0 Å². The van der Waals surface area contributed by atoms with Gasteiger partial charge in [-0.1, -0.05) is 5.16 Å². The number of carbonyl (C=O) groups is 1. The molecule has 3 nitrogen and oxygen atoms in total. The summed E-state index contributed by atoms with van der Waals surface area (Å²) in [5, 5.41) is 3.38. The molecule has 0 aromatic heterocycles. The number of allylic oxidation sites excluding steroid dienone is 2. The Labute approximate surface area is 54.0 Å². The van der Waals surface area contributed by atoms with E-state index >= 15 is 0 Å². The van der Waals surface area contributed by atoms with Gasteiger partial charge in [0.2, 0.25) is 0 Å². The first-order chi connectivity index (χ1) is 4.27. The largest absolute Gasteiger partial charge is 0.399 e. The van der Waals surface area contributed by atoms with Crippen LogP contribution in [0.5, 0.6) is 0 Å². The first-order valence-corrected chi connectivity index (χ1v) is 2.51. The van der Waals surface area contributed by atoms with Crippen LogP contribution in [-0.2, 0) is 9.63 Å². The molecule has 0 rings (SSSR count). The molecule has 0 aliphatic carbocycles. The summed E-state index contributed by atoms with van der Waals surface area (Å²) in [6, 6.07) is 0. The van der Waals surface area contributed by atoms with Gasteiger partial charge in [0, 0.05) is 0 Å². The summed E-state index contributed by atoms with van der Waals surface area (Å²) < 4.78 is 0. The van der Waals surface area contributed by atoms with Crippen molar-refractivity contribution in [2.24, 2.45) is 5.16 Å². The van der Waals surface area contributed by atoms with Crippen LogP contribution in [0.15, 0.2) is 17.3 Å². The van der Waals surface area contributed by atoms with Crippen molar-refractivity contribution in [3.05, 3.63) is 12.2 Å². The molecule has 0 spiro atoms. The molecule has 0 aromatic carbocycles. The van der Waals surface area contributed by atoms with E-state index in [1.807, 2.05) is 0 Å². The molecule has 0 amide bonds. The second-order valence-corrected chi connectivity index (χ2v) is 1.41. The molecule has 0 saturated heterocycles. The van der Waals surface area contributed by atoms with Crippen LogP contribution in [0, 0.1) is 0 Å². The SMILES string of the molecule is CO/N=C/C=C\C(C)=O. The Hall–Kier alpha value is -1.12. The zero-order valence-corrected chi connectivity index (χ0v) is 5.50. The third kappa shape index (κ3) is 6.88. The van der Waals surface area contributed by atoms with Crippen LogP contribution in [0.1, 0.15) is 6.92 Å². The van der Waals surface area contributed by atoms with Crippen LogP contribution in [0.25, 0.3) is 0 Å². The zero-order valence-electron chi connectivity index (χ0n) is 5.50. The van der Waals surface area contributed by atoms with Gasteiger partial charge in [-0.2, -0.15) is 0 Å². The molecule has 50 valence electrons. The molecular weight excluding hydrogens is 118 g/mol. The Balaban J connectivity index is 3.47. The van der Waals surface area contributed by atoms with Gasteiger partial charge in [0.1, 0.15) is 7.11 Å². The van der Waals surface area contributed by atoms with E-state index in [1.165, 1.54) is 32.4 Å². The molecule has 0 aliphatic heterocycles. The van der Waals surface area contributed by atoms with Crippen molar-refractivity contribution < 1.29 is 9.63 Å². The molecule has 0 saturated carbocycles. The van der Waals surface area contributed by atoms with Crippen molar-refractivity contribution in [2.45, 2.75) is 6.92 Å². The number of ketones is 1. The zero-order chi connectivity index (χ0) is 7.11. The van der Waals surface area contributed by atoms with Crippen molar-refractivity contribution in [2.75, 3.05) is 7.11 Å². The molecule has 0 aliphatic rings. The minimum Gasteiger partial charge on any atom is -0.399 e. The van der Waals surface area contributed by atoms with Crippen LogP contribution < -0.4 is 0 Å². The highest BCUT2D eigenvalue weighted by molar-refractivity contribution is 5.91. The van der Waals surface area contributed by atoms with Gasteiger partial charge in [0.15, 0.2) is 5.78 Å². The van der Waals surface area contributed by atoms with Crippen LogP contribution in [-0.4, -0.2) is 19.1 Å². The van der Waals surface area contributed by atoms with Crippen LogP contribution >= 0.6 is 0 Å². The van der Waals surface area contributed by atoms with Gasteiger partial charge in [0.25, 0.3) is 0 Å². The molecule has 0 fully saturated rings. The number of hydrogen-bond acceptors (Lipinski definition) is 3. The Morgan fingerprint density at radius 1 is 1.67 bits per heavy atom. The van der Waals surface area contributed by atoms with E-state index in [2.05, 4.69) is 9.99 Å². The lowest BCUT2D eigenvalue weighted by atomic mass is 10.4. The fourth-order valence-corrected chi connectivity index (χ4v) is 0.275. The lowest BCUT2D eigenvalue weighted by Crippen LogP contribution is -1.79. The standard InChI is InChI=1S/C6H9NO2/c1-6(8)4-3-5-7-9-2/h3-5H,1-2H3/b4-3-,7-5+. The van der Waals surface area contributed by atoms with E-state index in [9.17, 15) is 4.79 Å². The summed E-state index contributed by atoms with van der Waals surface area (Å²) in [5.41, 5.74) is 0. The smallest absolute Gasteiger partial charge is 0.152 e. The number of carbonyl (C=O) groups excluding carboxylic acids is 1. The van der Waals surface area contributed by atoms with Crippen molar-refractivity contribution >= 4 is 12.0 Å². The van der Waals surface area contributed by atoms with E-state index in [-0.39, 0.29) is 5.78 Å². The predicted molar refractivity (Wildman–Crippen MR) is 35.3 cm³/mol. The third-order valence-corrected chi connectivity index (χ3v) is 0.583. The lowest BCUT2D eigenvalue weighted by molar-refractivity contribution is -0.112. The van der Waals surface area contributed by atoms with Crippen molar-refractivity contribution in [3.8, 4) is 0 Å². The minimum absolute atomic E-state index is 0.00227. The Bertz CT molecular complexity index is 138. The lowest BCUT2D eigenvalue weighted by Gasteiger charge is -1.78. The molecular formula is C6H9NO2. The number of rotatable bonds is 3. The van der Waals surface area contributed by atoms with Gasteiger partial charge in [0.05, 0.1) is 6.21 Å². The average Bonchev–Trinajstić information content (AvgIpc) is 1.80. The first kappa shape index (κ1) is 7.88. The van der Waals surface area contributed by atoms with Crippen molar-refractivity contribution in [1.29, 1.82) is 0 Å². The van der Waals surface area contributed by atoms with Crippen LogP contribution in [0.2, 0.25) is 0 Å². The fraction of sp³-hybridized carbons (Fsp3) is 0.333. The summed E-state index contributed by atoms with van der Waals surface area (Å²) in [5.74, 6) is -0.00227. The quantitative estimate of drug-likeness (QED) is 0.319. The topological polar surface area (TPSA) is 38.7 Å². The molecule has 0 aromatic rings. The maximum absolute atomic E-state index is 10.2. The summed E-state index contributed by atoms with van der Waals surface area (Å²) in [6.45, 7) is 1.47. The average molecular weight is 127 g/mol. The maximum Gasteiger partial charge on any atom is 0.152 e. The predicted octanol–water partition coefficient (Wildman–Crippen LogP) is 0.764.